The minimum Gasteiger partial charge on any atom is -0.497 e. The number of nitrogens with one attached hydrogen (secondary N) is 3. The molecule has 0 saturated heterocycles. The lowest BCUT2D eigenvalue weighted by Gasteiger charge is -2.14. The smallest absolute Gasteiger partial charge is 0.416 e. The predicted octanol–water partition coefficient (Wildman–Crippen LogP) is 6.71. The number of alkyl halides is 3. The van der Waals surface area contributed by atoms with Gasteiger partial charge in [-0.2, -0.15) is 13.2 Å². The summed E-state index contributed by atoms with van der Waals surface area (Å²) in [6.07, 6.45) is -3.22. The van der Waals surface area contributed by atoms with E-state index in [1.54, 1.807) is 50.6 Å². The van der Waals surface area contributed by atoms with Crippen LogP contribution in [-0.4, -0.2) is 30.2 Å². The number of benzene rings is 3. The summed E-state index contributed by atoms with van der Waals surface area (Å²) in [7, 11) is 3.08. The number of carbonyl (C=O) groups is 1. The maximum atomic E-state index is 12.9. The van der Waals surface area contributed by atoms with Crippen molar-refractivity contribution in [2.24, 2.45) is 0 Å². The Morgan fingerprint density at radius 3 is 2.25 bits per heavy atom. The summed E-state index contributed by atoms with van der Waals surface area (Å²) in [4.78, 5) is 21.2. The van der Waals surface area contributed by atoms with Crippen LogP contribution in [-0.2, 0) is 6.18 Å². The van der Waals surface area contributed by atoms with Crippen LogP contribution in [0.1, 0.15) is 5.56 Å². The minimum atomic E-state index is -4.55. The summed E-state index contributed by atoms with van der Waals surface area (Å²) in [5.41, 5.74) is 0.531. The summed E-state index contributed by atoms with van der Waals surface area (Å²) in [6.45, 7) is 0. The number of nitrogens with zero attached hydrogens (tertiary/aromatic N) is 2. The lowest BCUT2D eigenvalue weighted by molar-refractivity contribution is -0.137. The summed E-state index contributed by atoms with van der Waals surface area (Å²) < 4.78 is 49.2. The minimum absolute atomic E-state index is 0.0198. The van der Waals surface area contributed by atoms with Crippen LogP contribution in [0.3, 0.4) is 0 Å². The Labute approximate surface area is 208 Å². The fraction of sp³-hybridized carbons (Fsp3) is 0.125. The molecule has 186 valence electrons. The maximum absolute atomic E-state index is 12.9. The van der Waals surface area contributed by atoms with Crippen LogP contribution >= 0.6 is 11.6 Å². The SMILES string of the molecule is COc1cc(Nc2ncnc3c(NC(=O)Nc4ccc(C(F)(F)F)cc4Cl)cccc23)cc(OC)c1. The monoisotopic (exact) mass is 517 g/mol. The summed E-state index contributed by atoms with van der Waals surface area (Å²) >= 11 is 5.93. The van der Waals surface area contributed by atoms with Gasteiger partial charge in [-0.15, -0.1) is 0 Å². The fourth-order valence-corrected chi connectivity index (χ4v) is 3.60. The largest absolute Gasteiger partial charge is 0.497 e. The maximum Gasteiger partial charge on any atom is 0.416 e. The van der Waals surface area contributed by atoms with Crippen molar-refractivity contribution in [3.8, 4) is 11.5 Å². The molecule has 36 heavy (non-hydrogen) atoms. The molecule has 0 spiro atoms. The Morgan fingerprint density at radius 1 is 0.917 bits per heavy atom. The molecule has 12 heteroatoms. The molecule has 0 unspecified atom stereocenters. The highest BCUT2D eigenvalue weighted by Crippen LogP contribution is 2.34. The third-order valence-corrected chi connectivity index (χ3v) is 5.38. The number of rotatable bonds is 6. The first kappa shape index (κ1) is 24.9. The van der Waals surface area contributed by atoms with E-state index in [9.17, 15) is 18.0 Å². The molecule has 0 aliphatic heterocycles. The molecule has 0 saturated carbocycles. The van der Waals surface area contributed by atoms with Crippen molar-refractivity contribution >= 4 is 51.4 Å². The number of halogens is 4. The normalized spacial score (nSPS) is 11.2. The molecule has 0 aliphatic carbocycles. The molecule has 3 N–H and O–H groups in total. The first-order chi connectivity index (χ1) is 17.2. The average Bonchev–Trinajstić information content (AvgIpc) is 2.85. The van der Waals surface area contributed by atoms with Crippen molar-refractivity contribution in [2.45, 2.75) is 6.18 Å². The first-order valence-electron chi connectivity index (χ1n) is 10.4. The fourth-order valence-electron chi connectivity index (χ4n) is 3.37. The van der Waals surface area contributed by atoms with Gasteiger partial charge in [-0.3, -0.25) is 0 Å². The highest BCUT2D eigenvalue weighted by atomic mass is 35.5. The van der Waals surface area contributed by atoms with Crippen LogP contribution in [0.25, 0.3) is 10.9 Å². The number of urea groups is 1. The lowest BCUT2D eigenvalue weighted by atomic mass is 10.2. The van der Waals surface area contributed by atoms with E-state index < -0.39 is 17.8 Å². The Morgan fingerprint density at radius 2 is 1.61 bits per heavy atom. The van der Waals surface area contributed by atoms with Crippen LogP contribution in [0.4, 0.5) is 40.8 Å². The van der Waals surface area contributed by atoms with Gasteiger partial charge in [0.05, 0.1) is 41.7 Å². The second-order valence-electron chi connectivity index (χ2n) is 7.42. The van der Waals surface area contributed by atoms with E-state index in [-0.39, 0.29) is 10.7 Å². The highest BCUT2D eigenvalue weighted by Gasteiger charge is 2.31. The van der Waals surface area contributed by atoms with E-state index in [1.165, 1.54) is 6.33 Å². The summed E-state index contributed by atoms with van der Waals surface area (Å²) in [5, 5.41) is 8.63. The zero-order valence-corrected chi connectivity index (χ0v) is 19.7. The Kier molecular flexibility index (Phi) is 7.02. The molecule has 2 amide bonds. The van der Waals surface area contributed by atoms with Crippen LogP contribution < -0.4 is 25.4 Å². The Bertz CT molecular complexity index is 1410. The number of hydrogen-bond donors (Lipinski definition) is 3. The van der Waals surface area contributed by atoms with Gasteiger partial charge in [0.2, 0.25) is 0 Å². The number of methoxy groups -OCH3 is 2. The molecule has 1 aromatic heterocycles. The molecule has 4 rings (SSSR count). The van der Waals surface area contributed by atoms with Gasteiger partial charge in [0, 0.05) is 29.3 Å². The van der Waals surface area contributed by atoms with Crippen LogP contribution in [0.15, 0.2) is 60.9 Å². The van der Waals surface area contributed by atoms with E-state index in [1.807, 2.05) is 0 Å². The van der Waals surface area contributed by atoms with E-state index in [4.69, 9.17) is 21.1 Å². The third-order valence-electron chi connectivity index (χ3n) is 5.07. The predicted molar refractivity (Wildman–Crippen MR) is 131 cm³/mol. The van der Waals surface area contributed by atoms with Gasteiger partial charge in [-0.25, -0.2) is 14.8 Å². The summed E-state index contributed by atoms with van der Waals surface area (Å²) in [5.74, 6) is 1.62. The Hall–Kier alpha value is -4.25. The molecule has 3 aromatic carbocycles. The average molecular weight is 518 g/mol. The van der Waals surface area contributed by atoms with Crippen molar-refractivity contribution in [2.75, 3.05) is 30.2 Å². The molecule has 0 aliphatic rings. The zero-order chi connectivity index (χ0) is 25.9. The van der Waals surface area contributed by atoms with E-state index in [0.29, 0.717) is 39.6 Å². The molecule has 0 bridgehead atoms. The van der Waals surface area contributed by atoms with Gasteiger partial charge in [0.15, 0.2) is 0 Å². The number of fused-ring (bicyclic) bond motifs is 1. The number of hydrogen-bond acceptors (Lipinski definition) is 6. The van der Waals surface area contributed by atoms with Gasteiger partial charge in [-0.05, 0) is 30.3 Å². The quantitative estimate of drug-likeness (QED) is 0.263. The topological polar surface area (TPSA) is 97.4 Å². The number of carbonyl (C=O) groups excluding carboxylic acids is 1. The molecule has 0 radical (unpaired) electrons. The molecular weight excluding hydrogens is 499 g/mol. The second-order valence-corrected chi connectivity index (χ2v) is 7.83. The van der Waals surface area contributed by atoms with Crippen LogP contribution in [0.5, 0.6) is 11.5 Å². The van der Waals surface area contributed by atoms with Crippen molar-refractivity contribution in [1.29, 1.82) is 0 Å². The second kappa shape index (κ2) is 10.2. The first-order valence-corrected chi connectivity index (χ1v) is 10.7. The number of para-hydroxylation sites is 1. The summed E-state index contributed by atoms with van der Waals surface area (Å²) in [6, 6.07) is 12.3. The van der Waals surface area contributed by atoms with Gasteiger partial charge < -0.3 is 25.4 Å². The molecular formula is C24H19ClF3N5O3. The Balaban J connectivity index is 1.57. The van der Waals surface area contributed by atoms with Gasteiger partial charge in [0.25, 0.3) is 0 Å². The van der Waals surface area contributed by atoms with Gasteiger partial charge in [0.1, 0.15) is 23.6 Å². The molecule has 1 heterocycles. The number of aromatic nitrogens is 2. The van der Waals surface area contributed by atoms with Crippen LogP contribution in [0, 0.1) is 0 Å². The van der Waals surface area contributed by atoms with Gasteiger partial charge >= 0.3 is 12.2 Å². The van der Waals surface area contributed by atoms with Gasteiger partial charge in [-0.1, -0.05) is 17.7 Å². The molecule has 0 atom stereocenters. The molecule has 8 nitrogen and oxygen atoms in total. The van der Waals surface area contributed by atoms with Crippen molar-refractivity contribution < 1.29 is 27.4 Å². The van der Waals surface area contributed by atoms with E-state index in [0.717, 1.165) is 18.2 Å². The number of amides is 2. The van der Waals surface area contributed by atoms with Crippen molar-refractivity contribution in [3.63, 3.8) is 0 Å². The van der Waals surface area contributed by atoms with E-state index in [2.05, 4.69) is 25.9 Å². The van der Waals surface area contributed by atoms with Crippen molar-refractivity contribution in [1.82, 2.24) is 9.97 Å². The number of anilines is 4. The standard InChI is InChI=1S/C24H19ClF3N5O3/c1-35-15-9-14(10-16(11-15)36-2)31-22-17-4-3-5-20(21(17)29-12-30-22)33-23(34)32-19-7-6-13(8-18(19)25)24(26,27)28/h3-12H,1-2H3,(H,29,30,31)(H2,32,33,34). The lowest BCUT2D eigenvalue weighted by Crippen LogP contribution is -2.20. The molecule has 0 fully saturated rings. The highest BCUT2D eigenvalue weighted by molar-refractivity contribution is 6.34. The van der Waals surface area contributed by atoms with Crippen molar-refractivity contribution in [3.05, 3.63) is 71.5 Å². The van der Waals surface area contributed by atoms with E-state index >= 15 is 0 Å². The number of ether oxygens (including phenoxy) is 2. The third kappa shape index (κ3) is 5.52. The van der Waals surface area contributed by atoms with Crippen LogP contribution in [0.2, 0.25) is 5.02 Å². The molecule has 4 aromatic rings. The zero-order valence-electron chi connectivity index (χ0n) is 18.9.